The molecule has 1 atom stereocenters. The largest absolute Gasteiger partial charge is 0.756 e. The van der Waals surface area contributed by atoms with Gasteiger partial charge in [0.15, 0.2) is 0 Å². The smallest absolute Gasteiger partial charge is 0.268 e. The van der Waals surface area contributed by atoms with E-state index in [1.807, 2.05) is 0 Å². The van der Waals surface area contributed by atoms with Gasteiger partial charge < -0.3 is 29.1 Å². The molecular weight excluding hydrogens is 393 g/mol. The van der Waals surface area contributed by atoms with E-state index in [-0.39, 0.29) is 26.4 Å². The SMILES string of the molecule is CCCCCCCCOCC(COCCCCCCCC)OP(=O)([O-])OCCN. The summed E-state index contributed by atoms with van der Waals surface area (Å²) in [6.45, 7) is 5.95. The molecule has 0 amide bonds. The van der Waals surface area contributed by atoms with Gasteiger partial charge in [0.25, 0.3) is 7.82 Å². The van der Waals surface area contributed by atoms with Crippen molar-refractivity contribution in [2.75, 3.05) is 39.6 Å². The monoisotopic (exact) mass is 438 g/mol. The van der Waals surface area contributed by atoms with Crippen molar-refractivity contribution in [3.8, 4) is 0 Å². The highest BCUT2D eigenvalue weighted by Crippen LogP contribution is 2.39. The molecule has 7 nitrogen and oxygen atoms in total. The first kappa shape index (κ1) is 29.0. The van der Waals surface area contributed by atoms with E-state index >= 15 is 0 Å². The van der Waals surface area contributed by atoms with Crippen molar-refractivity contribution in [2.24, 2.45) is 5.73 Å². The van der Waals surface area contributed by atoms with Crippen LogP contribution < -0.4 is 10.6 Å². The zero-order valence-electron chi connectivity index (χ0n) is 18.8. The Kier molecular flexibility index (Phi) is 21.2. The molecule has 2 N–H and O–H groups in total. The molecule has 0 saturated heterocycles. The van der Waals surface area contributed by atoms with Gasteiger partial charge in [-0.1, -0.05) is 78.1 Å². The summed E-state index contributed by atoms with van der Waals surface area (Å²) < 4.78 is 33.0. The molecule has 0 bridgehead atoms. The van der Waals surface area contributed by atoms with Crippen molar-refractivity contribution in [1.29, 1.82) is 0 Å². The Morgan fingerprint density at radius 3 is 1.66 bits per heavy atom. The Morgan fingerprint density at radius 1 is 0.759 bits per heavy atom. The number of hydrogen-bond acceptors (Lipinski definition) is 7. The molecule has 0 saturated carbocycles. The summed E-state index contributed by atoms with van der Waals surface area (Å²) in [4.78, 5) is 11.9. The minimum absolute atomic E-state index is 0.0925. The lowest BCUT2D eigenvalue weighted by atomic mass is 10.1. The maximum Gasteiger partial charge on any atom is 0.268 e. The van der Waals surface area contributed by atoms with Crippen LogP contribution in [0.4, 0.5) is 0 Å². The third-order valence-electron chi connectivity index (χ3n) is 4.54. The second-order valence-electron chi connectivity index (χ2n) is 7.48. The van der Waals surface area contributed by atoms with Gasteiger partial charge in [-0.15, -0.1) is 0 Å². The molecule has 0 rings (SSSR count). The predicted molar refractivity (Wildman–Crippen MR) is 116 cm³/mol. The van der Waals surface area contributed by atoms with Crippen LogP contribution in [0, 0.1) is 0 Å². The lowest BCUT2D eigenvalue weighted by molar-refractivity contribution is -0.232. The average molecular weight is 439 g/mol. The number of hydrogen-bond donors (Lipinski definition) is 1. The van der Waals surface area contributed by atoms with Crippen LogP contribution in [0.2, 0.25) is 0 Å². The molecule has 0 heterocycles. The summed E-state index contributed by atoms with van der Waals surface area (Å²) in [6.07, 6.45) is 13.4. The lowest BCUT2D eigenvalue weighted by Crippen LogP contribution is -2.28. The normalized spacial score (nSPS) is 13.8. The van der Waals surface area contributed by atoms with E-state index in [9.17, 15) is 9.46 Å². The molecule has 0 fully saturated rings. The summed E-state index contributed by atoms with van der Waals surface area (Å²) in [5.74, 6) is 0. The number of unbranched alkanes of at least 4 members (excludes halogenated alkanes) is 10. The van der Waals surface area contributed by atoms with E-state index < -0.39 is 13.9 Å². The number of rotatable bonds is 23. The molecule has 0 aliphatic rings. The lowest BCUT2D eigenvalue weighted by Gasteiger charge is -2.28. The quantitative estimate of drug-likeness (QED) is 0.184. The molecule has 29 heavy (non-hydrogen) atoms. The topological polar surface area (TPSA) is 103 Å². The zero-order chi connectivity index (χ0) is 21.6. The van der Waals surface area contributed by atoms with Gasteiger partial charge in [0.2, 0.25) is 0 Å². The van der Waals surface area contributed by atoms with E-state index in [4.69, 9.17) is 24.3 Å². The summed E-state index contributed by atoms with van der Waals surface area (Å²) in [6, 6.07) is 0. The van der Waals surface area contributed by atoms with Crippen LogP contribution in [-0.2, 0) is 23.1 Å². The van der Waals surface area contributed by atoms with Crippen molar-refractivity contribution in [3.05, 3.63) is 0 Å². The van der Waals surface area contributed by atoms with Crippen molar-refractivity contribution >= 4 is 7.82 Å². The second kappa shape index (κ2) is 21.2. The summed E-state index contributed by atoms with van der Waals surface area (Å²) in [7, 11) is -4.40. The molecule has 8 heteroatoms. The van der Waals surface area contributed by atoms with Crippen LogP contribution >= 0.6 is 7.82 Å². The van der Waals surface area contributed by atoms with Crippen LogP contribution in [0.1, 0.15) is 90.9 Å². The van der Waals surface area contributed by atoms with Gasteiger partial charge in [-0.2, -0.15) is 0 Å². The van der Waals surface area contributed by atoms with Gasteiger partial charge in [0, 0.05) is 19.8 Å². The van der Waals surface area contributed by atoms with Crippen LogP contribution in [0.3, 0.4) is 0 Å². The minimum atomic E-state index is -4.40. The summed E-state index contributed by atoms with van der Waals surface area (Å²) in [5.41, 5.74) is 5.29. The third-order valence-corrected chi connectivity index (χ3v) is 5.59. The van der Waals surface area contributed by atoms with Crippen molar-refractivity contribution in [3.63, 3.8) is 0 Å². The Balaban J connectivity index is 4.08. The highest BCUT2D eigenvalue weighted by molar-refractivity contribution is 7.45. The predicted octanol–water partition coefficient (Wildman–Crippen LogP) is 4.57. The van der Waals surface area contributed by atoms with Crippen LogP contribution in [0.15, 0.2) is 0 Å². The van der Waals surface area contributed by atoms with Gasteiger partial charge in [-0.25, -0.2) is 0 Å². The summed E-state index contributed by atoms with van der Waals surface area (Å²) in [5, 5.41) is 0. The maximum absolute atomic E-state index is 11.9. The average Bonchev–Trinajstić information content (AvgIpc) is 2.70. The fourth-order valence-electron chi connectivity index (χ4n) is 2.88. The van der Waals surface area contributed by atoms with E-state index in [0.29, 0.717) is 13.2 Å². The molecule has 0 aromatic heterocycles. The minimum Gasteiger partial charge on any atom is -0.756 e. The third kappa shape index (κ3) is 21.0. The molecule has 0 aliphatic heterocycles. The first-order chi connectivity index (χ1) is 14.1. The Bertz CT molecular complexity index is 366. The van der Waals surface area contributed by atoms with E-state index in [2.05, 4.69) is 13.8 Å². The second-order valence-corrected chi connectivity index (χ2v) is 8.85. The molecular formula is C21H45NO6P-. The number of phosphoric acid groups is 1. The summed E-state index contributed by atoms with van der Waals surface area (Å²) >= 11 is 0. The molecule has 0 aromatic carbocycles. The van der Waals surface area contributed by atoms with E-state index in [0.717, 1.165) is 25.7 Å². The van der Waals surface area contributed by atoms with Gasteiger partial charge in [-0.05, 0) is 12.8 Å². The highest BCUT2D eigenvalue weighted by atomic mass is 31.2. The Hall–Kier alpha value is -0.0100. The van der Waals surface area contributed by atoms with E-state index in [1.165, 1.54) is 51.4 Å². The van der Waals surface area contributed by atoms with Crippen LogP contribution in [0.25, 0.3) is 0 Å². The molecule has 0 spiro atoms. The molecule has 0 aromatic rings. The Morgan fingerprint density at radius 2 is 1.21 bits per heavy atom. The molecule has 0 aliphatic carbocycles. The molecule has 0 radical (unpaired) electrons. The number of ether oxygens (including phenoxy) is 2. The zero-order valence-corrected chi connectivity index (χ0v) is 19.7. The van der Waals surface area contributed by atoms with Crippen molar-refractivity contribution in [1.82, 2.24) is 0 Å². The van der Waals surface area contributed by atoms with Crippen LogP contribution in [0.5, 0.6) is 0 Å². The van der Waals surface area contributed by atoms with Gasteiger partial charge >= 0.3 is 0 Å². The van der Waals surface area contributed by atoms with Gasteiger partial charge in [-0.3, -0.25) is 4.57 Å². The van der Waals surface area contributed by atoms with Gasteiger partial charge in [0.1, 0.15) is 6.10 Å². The fourth-order valence-corrected chi connectivity index (χ4v) is 3.76. The molecule has 1 unspecified atom stereocenters. The first-order valence-electron chi connectivity index (χ1n) is 11.5. The van der Waals surface area contributed by atoms with Crippen molar-refractivity contribution < 1.29 is 28.0 Å². The molecule has 176 valence electrons. The van der Waals surface area contributed by atoms with Crippen molar-refractivity contribution in [2.45, 2.75) is 97.0 Å². The van der Waals surface area contributed by atoms with Crippen LogP contribution in [-0.4, -0.2) is 45.7 Å². The Labute approximate surface area is 178 Å². The maximum atomic E-state index is 11.9. The fraction of sp³-hybridized carbons (Fsp3) is 1.00. The van der Waals surface area contributed by atoms with Gasteiger partial charge in [0.05, 0.1) is 19.8 Å². The first-order valence-corrected chi connectivity index (χ1v) is 13.0. The standard InChI is InChI=1S/C21H46NO6P/c1-3-5-7-9-11-13-16-25-19-21(28-29(23,24)27-18-15-22)20-26-17-14-12-10-8-6-4-2/h21H,3-20,22H2,1-2H3,(H,23,24)/p-1. The highest BCUT2D eigenvalue weighted by Gasteiger charge is 2.19. The number of phosphoric ester groups is 1. The van der Waals surface area contributed by atoms with E-state index in [1.54, 1.807) is 0 Å². The number of nitrogens with two attached hydrogens (primary N) is 1.